The van der Waals surface area contributed by atoms with E-state index in [1.54, 1.807) is 23.1 Å². The van der Waals surface area contributed by atoms with Crippen molar-refractivity contribution in [2.45, 2.75) is 38.0 Å². The lowest BCUT2D eigenvalue weighted by atomic mass is 9.86. The third-order valence-electron chi connectivity index (χ3n) is 6.51. The van der Waals surface area contributed by atoms with Crippen molar-refractivity contribution < 1.29 is 31.5 Å². The second-order valence-electron chi connectivity index (χ2n) is 9.48. The van der Waals surface area contributed by atoms with Gasteiger partial charge >= 0.3 is 0 Å². The quantitative estimate of drug-likeness (QED) is 0.509. The molecular formula is C25H30F2N2O5S. The van der Waals surface area contributed by atoms with Gasteiger partial charge in [-0.1, -0.05) is 13.8 Å². The van der Waals surface area contributed by atoms with E-state index in [2.05, 4.69) is 0 Å². The van der Waals surface area contributed by atoms with Crippen LogP contribution >= 0.6 is 0 Å². The Labute approximate surface area is 204 Å². The highest BCUT2D eigenvalue weighted by Crippen LogP contribution is 2.30. The largest absolute Gasteiger partial charge is 0.493 e. The Kier molecular flexibility index (Phi) is 7.32. The maximum atomic E-state index is 13.3. The van der Waals surface area contributed by atoms with Gasteiger partial charge in [0.1, 0.15) is 11.5 Å². The molecule has 0 unspecified atom stereocenters. The molecule has 1 fully saturated rings. The number of hydrogen-bond donors (Lipinski definition) is 0. The van der Waals surface area contributed by atoms with Gasteiger partial charge in [-0.3, -0.25) is 4.79 Å². The van der Waals surface area contributed by atoms with Gasteiger partial charge < -0.3 is 14.4 Å². The molecule has 2 heterocycles. The maximum absolute atomic E-state index is 13.3. The van der Waals surface area contributed by atoms with Gasteiger partial charge in [-0.05, 0) is 48.7 Å². The Hall–Kier alpha value is -2.72. The molecule has 1 amide bonds. The summed E-state index contributed by atoms with van der Waals surface area (Å²) in [5, 5.41) is 0. The van der Waals surface area contributed by atoms with Crippen LogP contribution in [-0.2, 0) is 21.2 Å². The van der Waals surface area contributed by atoms with E-state index < -0.39 is 27.1 Å². The van der Waals surface area contributed by atoms with E-state index in [1.165, 1.54) is 10.4 Å². The first-order valence-corrected chi connectivity index (χ1v) is 13.1. The summed E-state index contributed by atoms with van der Waals surface area (Å²) >= 11 is 0. The first-order valence-electron chi connectivity index (χ1n) is 11.7. The lowest BCUT2D eigenvalue weighted by Gasteiger charge is -2.38. The number of sulfonamides is 1. The topological polar surface area (TPSA) is 76.2 Å². The number of piperazine rings is 1. The standard InChI is InChI=1S/C25H30F2N2O5S/c1-25(2,9-3-14-33-19-4-6-21(26)22(27)17-19)24(30)28-10-12-29(13-11-28)35(31,32)20-5-7-23-18(16-20)8-15-34-23/h4-7,16-17H,3,8-15H2,1-2H3. The molecule has 0 atom stereocenters. The van der Waals surface area contributed by atoms with Crippen LogP contribution in [0.15, 0.2) is 41.3 Å². The first kappa shape index (κ1) is 25.4. The SMILES string of the molecule is CC(C)(CCCOc1ccc(F)c(F)c1)C(=O)N1CCN(S(=O)(=O)c2ccc3c(c2)CCO3)CC1. The summed E-state index contributed by atoms with van der Waals surface area (Å²) in [5.74, 6) is -0.974. The molecule has 0 spiro atoms. The fourth-order valence-corrected chi connectivity index (χ4v) is 5.88. The molecule has 1 saturated heterocycles. The zero-order chi connectivity index (χ0) is 25.2. The maximum Gasteiger partial charge on any atom is 0.243 e. The number of carbonyl (C=O) groups is 1. The minimum Gasteiger partial charge on any atom is -0.493 e. The van der Waals surface area contributed by atoms with Crippen molar-refractivity contribution in [2.24, 2.45) is 5.41 Å². The van der Waals surface area contributed by atoms with E-state index in [0.29, 0.717) is 39.0 Å². The molecule has 10 heteroatoms. The number of halogens is 2. The van der Waals surface area contributed by atoms with E-state index in [0.717, 1.165) is 23.4 Å². The van der Waals surface area contributed by atoms with Gasteiger partial charge in [-0.25, -0.2) is 17.2 Å². The highest BCUT2D eigenvalue weighted by Gasteiger charge is 2.36. The number of nitrogens with zero attached hydrogens (tertiary/aromatic N) is 2. The van der Waals surface area contributed by atoms with Crippen molar-refractivity contribution in [2.75, 3.05) is 39.4 Å². The zero-order valence-corrected chi connectivity index (χ0v) is 20.7. The summed E-state index contributed by atoms with van der Waals surface area (Å²) in [4.78, 5) is 15.1. The van der Waals surface area contributed by atoms with Crippen LogP contribution in [-0.4, -0.2) is 62.9 Å². The Balaban J connectivity index is 1.27. The van der Waals surface area contributed by atoms with Crippen molar-refractivity contribution in [3.63, 3.8) is 0 Å². The number of rotatable bonds is 8. The molecule has 0 saturated carbocycles. The molecule has 190 valence electrons. The normalized spacial score (nSPS) is 16.6. The van der Waals surface area contributed by atoms with E-state index in [9.17, 15) is 22.0 Å². The van der Waals surface area contributed by atoms with Crippen LogP contribution in [0, 0.1) is 17.0 Å². The number of carbonyl (C=O) groups excluding carboxylic acids is 1. The number of amides is 1. The van der Waals surface area contributed by atoms with E-state index in [4.69, 9.17) is 9.47 Å². The third kappa shape index (κ3) is 5.59. The molecule has 2 aliphatic heterocycles. The van der Waals surface area contributed by atoms with Gasteiger partial charge in [-0.2, -0.15) is 4.31 Å². The summed E-state index contributed by atoms with van der Waals surface area (Å²) in [7, 11) is -3.64. The monoisotopic (exact) mass is 508 g/mol. The number of hydrogen-bond acceptors (Lipinski definition) is 5. The smallest absolute Gasteiger partial charge is 0.243 e. The minimum atomic E-state index is -3.64. The van der Waals surface area contributed by atoms with Gasteiger partial charge in [-0.15, -0.1) is 0 Å². The molecule has 2 aliphatic rings. The second-order valence-corrected chi connectivity index (χ2v) is 11.4. The van der Waals surface area contributed by atoms with Crippen LogP contribution in [0.1, 0.15) is 32.3 Å². The highest BCUT2D eigenvalue weighted by atomic mass is 32.2. The van der Waals surface area contributed by atoms with Gasteiger partial charge in [0.05, 0.1) is 18.1 Å². The van der Waals surface area contributed by atoms with Crippen molar-refractivity contribution in [1.82, 2.24) is 9.21 Å². The van der Waals surface area contributed by atoms with Gasteiger partial charge in [0.25, 0.3) is 0 Å². The Morgan fingerprint density at radius 1 is 1.06 bits per heavy atom. The van der Waals surface area contributed by atoms with Crippen molar-refractivity contribution in [1.29, 1.82) is 0 Å². The average molecular weight is 509 g/mol. The zero-order valence-electron chi connectivity index (χ0n) is 19.9. The molecular weight excluding hydrogens is 478 g/mol. The van der Waals surface area contributed by atoms with Crippen LogP contribution in [0.3, 0.4) is 0 Å². The molecule has 0 radical (unpaired) electrons. The number of fused-ring (bicyclic) bond motifs is 1. The van der Waals surface area contributed by atoms with Crippen molar-refractivity contribution in [3.05, 3.63) is 53.6 Å². The van der Waals surface area contributed by atoms with Crippen LogP contribution in [0.2, 0.25) is 0 Å². The Morgan fingerprint density at radius 2 is 1.80 bits per heavy atom. The molecule has 0 N–H and O–H groups in total. The van der Waals surface area contributed by atoms with Crippen LogP contribution < -0.4 is 9.47 Å². The van der Waals surface area contributed by atoms with Gasteiger partial charge in [0, 0.05) is 44.1 Å². The molecule has 35 heavy (non-hydrogen) atoms. The van der Waals surface area contributed by atoms with Crippen LogP contribution in [0.4, 0.5) is 8.78 Å². The second kappa shape index (κ2) is 10.1. The molecule has 2 aromatic carbocycles. The van der Waals surface area contributed by atoms with E-state index in [-0.39, 0.29) is 36.2 Å². The van der Waals surface area contributed by atoms with E-state index >= 15 is 0 Å². The molecule has 7 nitrogen and oxygen atoms in total. The molecule has 4 rings (SSSR count). The molecule has 0 aromatic heterocycles. The summed E-state index contributed by atoms with van der Waals surface area (Å²) in [6.45, 7) is 5.63. The van der Waals surface area contributed by atoms with Crippen molar-refractivity contribution >= 4 is 15.9 Å². The molecule has 0 aliphatic carbocycles. The van der Waals surface area contributed by atoms with Gasteiger partial charge in [0.2, 0.25) is 15.9 Å². The van der Waals surface area contributed by atoms with Crippen molar-refractivity contribution in [3.8, 4) is 11.5 Å². The van der Waals surface area contributed by atoms with Gasteiger partial charge in [0.15, 0.2) is 11.6 Å². The number of benzene rings is 2. The first-order chi connectivity index (χ1) is 16.6. The summed E-state index contributed by atoms with van der Waals surface area (Å²) < 4.78 is 64.9. The van der Waals surface area contributed by atoms with E-state index in [1.807, 2.05) is 13.8 Å². The lowest BCUT2D eigenvalue weighted by Crippen LogP contribution is -2.53. The van der Waals surface area contributed by atoms with Crippen LogP contribution in [0.25, 0.3) is 0 Å². The highest BCUT2D eigenvalue weighted by molar-refractivity contribution is 7.89. The predicted molar refractivity (Wildman–Crippen MR) is 126 cm³/mol. The number of ether oxygens (including phenoxy) is 2. The fourth-order valence-electron chi connectivity index (χ4n) is 4.41. The Bertz CT molecular complexity index is 1190. The van der Waals surface area contributed by atoms with Crippen LogP contribution in [0.5, 0.6) is 11.5 Å². The fraction of sp³-hybridized carbons (Fsp3) is 0.480. The summed E-state index contributed by atoms with van der Waals surface area (Å²) in [6, 6.07) is 8.32. The summed E-state index contributed by atoms with van der Waals surface area (Å²) in [5.41, 5.74) is 0.230. The predicted octanol–water partition coefficient (Wildman–Crippen LogP) is 3.62. The molecule has 0 bridgehead atoms. The molecule has 2 aromatic rings. The summed E-state index contributed by atoms with van der Waals surface area (Å²) in [6.07, 6.45) is 1.78. The lowest BCUT2D eigenvalue weighted by molar-refractivity contribution is -0.142. The minimum absolute atomic E-state index is 0.0444. The average Bonchev–Trinajstić information content (AvgIpc) is 3.32. The Morgan fingerprint density at radius 3 is 2.51 bits per heavy atom. The third-order valence-corrected chi connectivity index (χ3v) is 8.40.